The smallest absolute Gasteiger partial charge is 0.137 e. The first-order valence-electron chi connectivity index (χ1n) is 18.9. The Morgan fingerprint density at radius 1 is 0.351 bits per heavy atom. The second kappa shape index (κ2) is 12.3. The molecule has 0 aliphatic rings. The summed E-state index contributed by atoms with van der Waals surface area (Å²) in [6.07, 6.45) is 11.2. The molecule has 7 aromatic heterocycles. The van der Waals surface area contributed by atoms with Crippen molar-refractivity contribution in [3.63, 3.8) is 0 Å². The predicted octanol–water partition coefficient (Wildman–Crippen LogP) is 11.9. The molecule has 57 heavy (non-hydrogen) atoms. The van der Waals surface area contributed by atoms with Crippen LogP contribution in [0.3, 0.4) is 0 Å². The van der Waals surface area contributed by atoms with Gasteiger partial charge in [-0.25, -0.2) is 4.98 Å². The molecular formula is C50H29N7. The van der Waals surface area contributed by atoms with Gasteiger partial charge in [0.25, 0.3) is 0 Å². The van der Waals surface area contributed by atoms with Crippen LogP contribution in [0.1, 0.15) is 0 Å². The molecule has 0 radical (unpaired) electrons. The minimum absolute atomic E-state index is 0.849. The Morgan fingerprint density at radius 3 is 1.56 bits per heavy atom. The zero-order chi connectivity index (χ0) is 37.5. The fourth-order valence-electron chi connectivity index (χ4n) is 8.63. The van der Waals surface area contributed by atoms with Gasteiger partial charge in [0.15, 0.2) is 0 Å². The number of rotatable bonds is 4. The van der Waals surface area contributed by atoms with Gasteiger partial charge in [-0.15, -0.1) is 0 Å². The SMILES string of the molecule is c1ccc2c(c1)ccc1c2c2cc(-c3ccc(-c4cc5cccnc5c5ncccc45)cn3)ccc2n1-c1ccc(-c2cc3cccnc3c3ncccc23)cn1. The minimum atomic E-state index is 0.849. The van der Waals surface area contributed by atoms with Crippen molar-refractivity contribution in [2.24, 2.45) is 0 Å². The van der Waals surface area contributed by atoms with Gasteiger partial charge in [-0.05, 0) is 94.7 Å². The van der Waals surface area contributed by atoms with E-state index in [1.54, 1.807) is 0 Å². The fourth-order valence-corrected chi connectivity index (χ4v) is 8.63. The highest BCUT2D eigenvalue weighted by Crippen LogP contribution is 2.40. The number of hydrogen-bond acceptors (Lipinski definition) is 6. The Balaban J connectivity index is 0.992. The Hall–Kier alpha value is -7.90. The van der Waals surface area contributed by atoms with Crippen LogP contribution in [-0.4, -0.2) is 34.5 Å². The second-order valence-electron chi connectivity index (χ2n) is 14.4. The standard InChI is InChI=1S/C50H29N7/c1-2-10-36-30(7-1)14-19-44-46(36)41-25-31(42-17-13-34(28-55-42)39-26-32-8-3-21-51-47(32)49-37(39)11-5-23-53-49)15-18-43(41)57(44)45-20-16-35(29-56-45)40-27-33-9-4-22-52-48(33)50-38(40)12-6-24-54-50/h1-29H. The third kappa shape index (κ3) is 4.86. The Labute approximate surface area is 325 Å². The van der Waals surface area contributed by atoms with Crippen molar-refractivity contribution in [1.29, 1.82) is 0 Å². The van der Waals surface area contributed by atoms with Crippen molar-refractivity contribution in [1.82, 2.24) is 34.5 Å². The van der Waals surface area contributed by atoms with E-state index in [1.807, 2.05) is 61.4 Å². The highest BCUT2D eigenvalue weighted by molar-refractivity contribution is 6.22. The molecule has 7 heteroatoms. The predicted molar refractivity (Wildman–Crippen MR) is 231 cm³/mol. The monoisotopic (exact) mass is 727 g/mol. The Morgan fingerprint density at radius 2 is 0.912 bits per heavy atom. The lowest BCUT2D eigenvalue weighted by Crippen LogP contribution is -1.97. The first kappa shape index (κ1) is 31.5. The molecule has 0 atom stereocenters. The van der Waals surface area contributed by atoms with E-state index in [0.717, 1.165) is 99.4 Å². The van der Waals surface area contributed by atoms with Crippen LogP contribution in [0.25, 0.3) is 116 Å². The lowest BCUT2D eigenvalue weighted by atomic mass is 9.98. The van der Waals surface area contributed by atoms with Gasteiger partial charge in [0.05, 0.1) is 38.8 Å². The van der Waals surface area contributed by atoms with Crippen molar-refractivity contribution in [3.8, 4) is 39.3 Å². The molecule has 0 unspecified atom stereocenters. The molecule has 0 spiro atoms. The number of nitrogens with zero attached hydrogens (tertiary/aromatic N) is 7. The number of aromatic nitrogens is 7. The molecule has 0 aliphatic heterocycles. The summed E-state index contributed by atoms with van der Waals surface area (Å²) in [7, 11) is 0. The summed E-state index contributed by atoms with van der Waals surface area (Å²) < 4.78 is 2.28. The maximum atomic E-state index is 5.13. The van der Waals surface area contributed by atoms with Gasteiger partial charge in [-0.2, -0.15) is 0 Å². The van der Waals surface area contributed by atoms with Crippen molar-refractivity contribution >= 4 is 76.2 Å². The summed E-state index contributed by atoms with van der Waals surface area (Å²) in [5, 5.41) is 8.94. The first-order chi connectivity index (χ1) is 28.3. The molecule has 0 saturated carbocycles. The molecule has 0 amide bonds. The van der Waals surface area contributed by atoms with E-state index in [9.17, 15) is 0 Å². The van der Waals surface area contributed by atoms with E-state index in [4.69, 9.17) is 19.9 Å². The topological polar surface area (TPSA) is 82.3 Å². The van der Waals surface area contributed by atoms with E-state index in [2.05, 4.69) is 130 Å². The zero-order valence-electron chi connectivity index (χ0n) is 30.4. The van der Waals surface area contributed by atoms with Crippen LogP contribution in [-0.2, 0) is 0 Å². The fraction of sp³-hybridized carbons (Fsp3) is 0. The van der Waals surface area contributed by atoms with Crippen LogP contribution >= 0.6 is 0 Å². The van der Waals surface area contributed by atoms with Crippen LogP contribution in [0.4, 0.5) is 0 Å². The third-order valence-corrected chi connectivity index (χ3v) is 11.2. The molecule has 12 rings (SSSR count). The van der Waals surface area contributed by atoms with Crippen LogP contribution in [0.5, 0.6) is 0 Å². The number of pyridine rings is 6. The van der Waals surface area contributed by atoms with Gasteiger partial charge in [-0.1, -0.05) is 66.7 Å². The van der Waals surface area contributed by atoms with Crippen LogP contribution < -0.4 is 0 Å². The molecule has 12 aromatic rings. The largest absolute Gasteiger partial charge is 0.294 e. The van der Waals surface area contributed by atoms with Gasteiger partial charge in [0.2, 0.25) is 0 Å². The minimum Gasteiger partial charge on any atom is -0.294 e. The highest BCUT2D eigenvalue weighted by atomic mass is 15.1. The maximum absolute atomic E-state index is 5.13. The second-order valence-corrected chi connectivity index (χ2v) is 14.4. The molecule has 5 aromatic carbocycles. The van der Waals surface area contributed by atoms with Crippen LogP contribution in [0.15, 0.2) is 177 Å². The lowest BCUT2D eigenvalue weighted by Gasteiger charge is -2.11. The summed E-state index contributed by atoms with van der Waals surface area (Å²) in [4.78, 5) is 28.9. The van der Waals surface area contributed by atoms with E-state index in [1.165, 1.54) is 16.2 Å². The molecule has 0 N–H and O–H groups in total. The van der Waals surface area contributed by atoms with E-state index in [0.29, 0.717) is 0 Å². The molecular weight excluding hydrogens is 699 g/mol. The average Bonchev–Trinajstić information content (AvgIpc) is 3.63. The molecule has 0 bridgehead atoms. The lowest BCUT2D eigenvalue weighted by molar-refractivity contribution is 1.08. The summed E-state index contributed by atoms with van der Waals surface area (Å²) in [6.45, 7) is 0. The van der Waals surface area contributed by atoms with Crippen molar-refractivity contribution in [3.05, 3.63) is 177 Å². The third-order valence-electron chi connectivity index (χ3n) is 11.2. The zero-order valence-corrected chi connectivity index (χ0v) is 30.4. The van der Waals surface area contributed by atoms with E-state index < -0.39 is 0 Å². The van der Waals surface area contributed by atoms with E-state index >= 15 is 0 Å². The molecule has 0 saturated heterocycles. The summed E-state index contributed by atoms with van der Waals surface area (Å²) in [5.74, 6) is 0.849. The number of benzene rings is 5. The molecule has 7 heterocycles. The number of fused-ring (bicyclic) bond motifs is 11. The van der Waals surface area contributed by atoms with Gasteiger partial charge in [0.1, 0.15) is 5.82 Å². The average molecular weight is 728 g/mol. The maximum Gasteiger partial charge on any atom is 0.137 e. The van der Waals surface area contributed by atoms with Gasteiger partial charge in [-0.3, -0.25) is 29.5 Å². The first-order valence-corrected chi connectivity index (χ1v) is 18.9. The Kier molecular flexibility index (Phi) is 6.79. The highest BCUT2D eigenvalue weighted by Gasteiger charge is 2.18. The molecule has 0 aliphatic carbocycles. The van der Waals surface area contributed by atoms with Crippen molar-refractivity contribution < 1.29 is 0 Å². The summed E-state index contributed by atoms with van der Waals surface area (Å²) >= 11 is 0. The van der Waals surface area contributed by atoms with Crippen molar-refractivity contribution in [2.45, 2.75) is 0 Å². The number of hydrogen-bond donors (Lipinski definition) is 0. The van der Waals surface area contributed by atoms with Gasteiger partial charge in [0, 0.05) is 86.2 Å². The van der Waals surface area contributed by atoms with Gasteiger partial charge < -0.3 is 0 Å². The van der Waals surface area contributed by atoms with Crippen molar-refractivity contribution in [2.75, 3.05) is 0 Å². The summed E-state index contributed by atoms with van der Waals surface area (Å²) in [5.41, 5.74) is 11.9. The van der Waals surface area contributed by atoms with E-state index in [-0.39, 0.29) is 0 Å². The van der Waals surface area contributed by atoms with Gasteiger partial charge >= 0.3 is 0 Å². The molecule has 264 valence electrons. The normalized spacial score (nSPS) is 11.9. The molecule has 7 nitrogen and oxygen atoms in total. The van der Waals surface area contributed by atoms with Crippen LogP contribution in [0.2, 0.25) is 0 Å². The Bertz CT molecular complexity index is 3570. The molecule has 0 fully saturated rings. The summed E-state index contributed by atoms with van der Waals surface area (Å²) in [6, 6.07) is 48.9. The van der Waals surface area contributed by atoms with Crippen LogP contribution in [0, 0.1) is 0 Å². The quantitative estimate of drug-likeness (QED) is 0.168.